The first-order chi connectivity index (χ1) is 13.4. The van der Waals surface area contributed by atoms with E-state index in [1.54, 1.807) is 23.9 Å². The van der Waals surface area contributed by atoms with Crippen molar-refractivity contribution in [2.45, 2.75) is 52.6 Å². The van der Waals surface area contributed by atoms with E-state index in [2.05, 4.69) is 23.3 Å². The Kier molecular flexibility index (Phi) is 7.21. The molecule has 1 aromatic heterocycles. The van der Waals surface area contributed by atoms with Crippen molar-refractivity contribution < 1.29 is 4.79 Å². The smallest absolute Gasteiger partial charge is 0.260 e. The van der Waals surface area contributed by atoms with Crippen LogP contribution in [0.2, 0.25) is 0 Å². The molecule has 1 heterocycles. The molecule has 1 aliphatic rings. The summed E-state index contributed by atoms with van der Waals surface area (Å²) in [5.74, 6) is -0.150. The Balaban J connectivity index is 0.00000136. The van der Waals surface area contributed by atoms with Crippen molar-refractivity contribution in [1.29, 1.82) is 0 Å². The maximum absolute atomic E-state index is 13.0. The summed E-state index contributed by atoms with van der Waals surface area (Å²) in [5, 5.41) is 5.90. The van der Waals surface area contributed by atoms with Crippen LogP contribution in [-0.2, 0) is 0 Å². The second-order valence-corrected chi connectivity index (χ2v) is 6.92. The summed E-state index contributed by atoms with van der Waals surface area (Å²) >= 11 is 0. The summed E-state index contributed by atoms with van der Waals surface area (Å²) in [6, 6.07) is 9.73. The average molecular weight is 382 g/mol. The van der Waals surface area contributed by atoms with Crippen LogP contribution in [0.4, 0.5) is 0 Å². The van der Waals surface area contributed by atoms with Gasteiger partial charge < -0.3 is 15.2 Å². The molecule has 2 N–H and O–H groups in total. The molecule has 1 amide bonds. The molecule has 0 bridgehead atoms. The molecule has 0 radical (unpaired) electrons. The monoisotopic (exact) mass is 381 g/mol. The van der Waals surface area contributed by atoms with Gasteiger partial charge in [0.1, 0.15) is 0 Å². The van der Waals surface area contributed by atoms with Gasteiger partial charge >= 0.3 is 0 Å². The summed E-state index contributed by atoms with van der Waals surface area (Å²) in [6.07, 6.45) is 3.68. The first-order valence-electron chi connectivity index (χ1n) is 9.91. The summed E-state index contributed by atoms with van der Waals surface area (Å²) in [5.41, 5.74) is 3.37. The highest BCUT2D eigenvalue weighted by atomic mass is 16.2. The summed E-state index contributed by atoms with van der Waals surface area (Å²) in [4.78, 5) is 25.6. The zero-order chi connectivity index (χ0) is 20.8. The molecule has 0 spiro atoms. The molecule has 1 unspecified atom stereocenters. The molecule has 5 nitrogen and oxygen atoms in total. The Bertz CT molecular complexity index is 910. The predicted molar refractivity (Wildman–Crippen MR) is 116 cm³/mol. The number of aryl methyl sites for hydroxylation is 1. The van der Waals surface area contributed by atoms with Crippen LogP contribution in [0, 0.1) is 6.92 Å². The van der Waals surface area contributed by atoms with Crippen LogP contribution in [0.1, 0.15) is 66.7 Å². The van der Waals surface area contributed by atoms with Crippen molar-refractivity contribution in [2.75, 3.05) is 7.05 Å². The summed E-state index contributed by atoms with van der Waals surface area (Å²) < 4.78 is 1.62. The van der Waals surface area contributed by atoms with Crippen molar-refractivity contribution in [3.63, 3.8) is 0 Å². The number of nitrogens with one attached hydrogen (secondary N) is 2. The molecule has 5 heteroatoms. The minimum atomic E-state index is -0.195. The third-order valence-electron chi connectivity index (χ3n) is 4.79. The normalized spacial score (nSPS) is 13.8. The van der Waals surface area contributed by atoms with E-state index in [1.807, 2.05) is 45.9 Å². The lowest BCUT2D eigenvalue weighted by Gasteiger charge is -2.19. The number of amides is 1. The van der Waals surface area contributed by atoms with Gasteiger partial charge in [-0.3, -0.25) is 9.59 Å². The standard InChI is InChI=1S/C21H25N3O2.C2H6/c1-13-6-5-7-16(10-13)15(3)24-12-17(20(25)23-18-8-9-18)11-19(21(24)26)14(2)22-4;1-2/h5-7,10-12,15,18,22H,2,8-9H2,1,3-4H3,(H,23,25);1-2H3. The summed E-state index contributed by atoms with van der Waals surface area (Å²) in [6.45, 7) is 11.9. The van der Waals surface area contributed by atoms with Gasteiger partial charge in [0.2, 0.25) is 0 Å². The lowest BCUT2D eigenvalue weighted by atomic mass is 10.0. The maximum atomic E-state index is 13.0. The van der Waals surface area contributed by atoms with Crippen molar-refractivity contribution >= 4 is 11.6 Å². The molecule has 1 atom stereocenters. The minimum absolute atomic E-state index is 0.150. The Labute approximate surface area is 167 Å². The first-order valence-corrected chi connectivity index (χ1v) is 9.91. The van der Waals surface area contributed by atoms with Crippen LogP contribution in [0.3, 0.4) is 0 Å². The minimum Gasteiger partial charge on any atom is -0.388 e. The van der Waals surface area contributed by atoms with E-state index in [-0.39, 0.29) is 23.6 Å². The van der Waals surface area contributed by atoms with Gasteiger partial charge in [-0.1, -0.05) is 50.3 Å². The third-order valence-corrected chi connectivity index (χ3v) is 4.79. The fourth-order valence-electron chi connectivity index (χ4n) is 2.95. The van der Waals surface area contributed by atoms with E-state index in [4.69, 9.17) is 0 Å². The number of aromatic nitrogens is 1. The van der Waals surface area contributed by atoms with Crippen LogP contribution in [-0.4, -0.2) is 23.6 Å². The molecular formula is C23H31N3O2. The van der Waals surface area contributed by atoms with Gasteiger partial charge in [0.05, 0.1) is 17.2 Å². The number of hydrogen-bond acceptors (Lipinski definition) is 3. The van der Waals surface area contributed by atoms with Crippen LogP contribution in [0.5, 0.6) is 0 Å². The van der Waals surface area contributed by atoms with Gasteiger partial charge in [-0.15, -0.1) is 0 Å². The summed E-state index contributed by atoms with van der Waals surface area (Å²) in [7, 11) is 1.72. The van der Waals surface area contributed by atoms with Crippen LogP contribution in [0.25, 0.3) is 5.70 Å². The zero-order valence-electron chi connectivity index (χ0n) is 17.5. The van der Waals surface area contributed by atoms with Crippen molar-refractivity contribution in [1.82, 2.24) is 15.2 Å². The third kappa shape index (κ3) is 4.91. The molecule has 3 rings (SSSR count). The molecule has 1 aromatic carbocycles. The van der Waals surface area contributed by atoms with E-state index < -0.39 is 0 Å². The van der Waals surface area contributed by atoms with Gasteiger partial charge in [0.15, 0.2) is 0 Å². The molecule has 0 aliphatic heterocycles. The van der Waals surface area contributed by atoms with Crippen molar-refractivity contribution in [2.24, 2.45) is 0 Å². The number of pyridine rings is 1. The molecule has 150 valence electrons. The number of carbonyl (C=O) groups is 1. The van der Waals surface area contributed by atoms with E-state index in [0.717, 1.165) is 24.0 Å². The van der Waals surface area contributed by atoms with E-state index >= 15 is 0 Å². The zero-order valence-corrected chi connectivity index (χ0v) is 17.5. The Morgan fingerprint density at radius 1 is 1.25 bits per heavy atom. The molecule has 1 fully saturated rings. The number of carbonyl (C=O) groups excluding carboxylic acids is 1. The largest absolute Gasteiger partial charge is 0.388 e. The fraction of sp³-hybridized carbons (Fsp3) is 0.391. The SMILES string of the molecule is C=C(NC)c1cc(C(=O)NC2CC2)cn(C(C)c2cccc(C)c2)c1=O.CC. The Hall–Kier alpha value is -2.82. The van der Waals surface area contributed by atoms with Gasteiger partial charge in [-0.05, 0) is 38.3 Å². The second-order valence-electron chi connectivity index (χ2n) is 6.92. The van der Waals surface area contributed by atoms with Crippen molar-refractivity contribution in [3.8, 4) is 0 Å². The lowest BCUT2D eigenvalue weighted by molar-refractivity contribution is 0.0950. The van der Waals surface area contributed by atoms with Gasteiger partial charge in [-0.2, -0.15) is 0 Å². The number of benzene rings is 1. The van der Waals surface area contributed by atoms with Gasteiger partial charge in [-0.25, -0.2) is 0 Å². The van der Waals surface area contributed by atoms with Crippen molar-refractivity contribution in [3.05, 3.63) is 75.7 Å². The molecule has 1 saturated carbocycles. The highest BCUT2D eigenvalue weighted by Gasteiger charge is 2.25. The predicted octanol–water partition coefficient (Wildman–Crippen LogP) is 3.87. The average Bonchev–Trinajstić information content (AvgIpc) is 3.52. The van der Waals surface area contributed by atoms with Gasteiger partial charge in [0.25, 0.3) is 11.5 Å². The molecular weight excluding hydrogens is 350 g/mol. The highest BCUT2D eigenvalue weighted by molar-refractivity contribution is 5.95. The Morgan fingerprint density at radius 3 is 2.50 bits per heavy atom. The molecule has 1 aliphatic carbocycles. The molecule has 28 heavy (non-hydrogen) atoms. The fourth-order valence-corrected chi connectivity index (χ4v) is 2.95. The highest BCUT2D eigenvalue weighted by Crippen LogP contribution is 2.21. The Morgan fingerprint density at radius 2 is 1.93 bits per heavy atom. The van der Waals surface area contributed by atoms with E-state index in [9.17, 15) is 9.59 Å². The number of rotatable bonds is 6. The number of nitrogens with zero attached hydrogens (tertiary/aromatic N) is 1. The van der Waals surface area contributed by atoms with Crippen LogP contribution < -0.4 is 16.2 Å². The van der Waals surface area contributed by atoms with Crippen LogP contribution >= 0.6 is 0 Å². The quantitative estimate of drug-likeness (QED) is 0.798. The maximum Gasteiger partial charge on any atom is 0.260 e. The van der Waals surface area contributed by atoms with E-state index in [1.165, 1.54) is 0 Å². The van der Waals surface area contributed by atoms with Crippen LogP contribution in [0.15, 0.2) is 47.9 Å². The molecule has 0 saturated heterocycles. The molecule has 2 aromatic rings. The number of hydrogen-bond donors (Lipinski definition) is 2. The topological polar surface area (TPSA) is 63.1 Å². The second kappa shape index (κ2) is 9.40. The van der Waals surface area contributed by atoms with E-state index in [0.29, 0.717) is 16.8 Å². The lowest BCUT2D eigenvalue weighted by Crippen LogP contribution is -2.32. The van der Waals surface area contributed by atoms with Gasteiger partial charge in [0, 0.05) is 25.0 Å². The first kappa shape index (κ1) is 21.5.